The zero-order valence-electron chi connectivity index (χ0n) is 14.6. The Morgan fingerprint density at radius 2 is 1.79 bits per heavy atom. The van der Waals surface area contributed by atoms with Crippen LogP contribution in [0.4, 0.5) is 16.0 Å². The van der Waals surface area contributed by atoms with Crippen molar-refractivity contribution < 1.29 is 4.39 Å². The van der Waals surface area contributed by atoms with Crippen molar-refractivity contribution in [3.8, 4) is 5.69 Å². The molecule has 2 aromatic carbocycles. The van der Waals surface area contributed by atoms with Gasteiger partial charge >= 0.3 is 5.69 Å². The molecule has 0 bridgehead atoms. The molecule has 0 unspecified atom stereocenters. The highest BCUT2D eigenvalue weighted by atomic mass is 35.5. The van der Waals surface area contributed by atoms with Crippen molar-refractivity contribution in [3.63, 3.8) is 0 Å². The van der Waals surface area contributed by atoms with Crippen LogP contribution in [0.2, 0.25) is 5.02 Å². The molecule has 0 aliphatic carbocycles. The van der Waals surface area contributed by atoms with E-state index in [2.05, 4.69) is 15.3 Å². The zero-order chi connectivity index (χ0) is 19.5. The summed E-state index contributed by atoms with van der Waals surface area (Å²) in [5.74, 6) is -0.0870. The van der Waals surface area contributed by atoms with Crippen molar-refractivity contribution >= 4 is 23.2 Å². The zero-order valence-corrected chi connectivity index (χ0v) is 15.3. The van der Waals surface area contributed by atoms with E-state index in [0.29, 0.717) is 17.3 Å². The summed E-state index contributed by atoms with van der Waals surface area (Å²) in [5, 5.41) is 3.64. The first-order valence-corrected chi connectivity index (χ1v) is 8.83. The van der Waals surface area contributed by atoms with Gasteiger partial charge in [-0.05, 0) is 48.0 Å². The van der Waals surface area contributed by atoms with Gasteiger partial charge in [-0.1, -0.05) is 23.7 Å². The maximum Gasteiger partial charge on any atom is 0.352 e. The van der Waals surface area contributed by atoms with Gasteiger partial charge in [-0.15, -0.1) is 0 Å². The normalized spacial score (nSPS) is 10.8. The maximum atomic E-state index is 13.0. The van der Waals surface area contributed by atoms with Gasteiger partial charge in [0.05, 0.1) is 12.2 Å². The van der Waals surface area contributed by atoms with Crippen LogP contribution in [0.3, 0.4) is 0 Å². The molecule has 0 fully saturated rings. The number of anilines is 2. The van der Waals surface area contributed by atoms with Gasteiger partial charge in [-0.3, -0.25) is 4.57 Å². The minimum atomic E-state index is -0.412. The average molecular weight is 396 g/mol. The highest BCUT2D eigenvalue weighted by molar-refractivity contribution is 6.30. The molecule has 8 heteroatoms. The Bertz CT molecular complexity index is 1150. The summed E-state index contributed by atoms with van der Waals surface area (Å²) in [6.07, 6.45) is 5.07. The largest absolute Gasteiger partial charge is 0.352 e. The predicted octanol–water partition coefficient (Wildman–Crippen LogP) is 4.01. The van der Waals surface area contributed by atoms with Crippen LogP contribution in [0.5, 0.6) is 0 Å². The Hall–Kier alpha value is -3.45. The molecule has 6 nitrogen and oxygen atoms in total. The van der Waals surface area contributed by atoms with E-state index < -0.39 is 5.69 Å². The summed E-state index contributed by atoms with van der Waals surface area (Å²) < 4.78 is 16.3. The van der Waals surface area contributed by atoms with Crippen LogP contribution >= 0.6 is 11.6 Å². The quantitative estimate of drug-likeness (QED) is 0.554. The summed E-state index contributed by atoms with van der Waals surface area (Å²) in [6, 6.07) is 15.2. The number of hydrogen-bond donors (Lipinski definition) is 1. The second kappa shape index (κ2) is 7.66. The highest BCUT2D eigenvalue weighted by Gasteiger charge is 2.05. The monoisotopic (exact) mass is 395 g/mol. The summed E-state index contributed by atoms with van der Waals surface area (Å²) >= 11 is 5.87. The Morgan fingerprint density at radius 3 is 2.50 bits per heavy atom. The lowest BCUT2D eigenvalue weighted by Crippen LogP contribution is -2.24. The van der Waals surface area contributed by atoms with E-state index in [-0.39, 0.29) is 11.8 Å². The molecule has 0 spiro atoms. The minimum absolute atomic E-state index is 0.203. The third-order valence-corrected chi connectivity index (χ3v) is 4.36. The van der Waals surface area contributed by atoms with Crippen molar-refractivity contribution in [1.29, 1.82) is 0 Å². The number of hydrogen-bond acceptors (Lipinski definition) is 4. The topological polar surface area (TPSA) is 64.7 Å². The first kappa shape index (κ1) is 17.9. The molecule has 1 N–H and O–H groups in total. The van der Waals surface area contributed by atoms with Crippen LogP contribution in [0.15, 0.2) is 78.1 Å². The molecule has 0 aliphatic rings. The Kier molecular flexibility index (Phi) is 4.90. The van der Waals surface area contributed by atoms with Gasteiger partial charge in [0, 0.05) is 23.1 Å². The molecule has 140 valence electrons. The van der Waals surface area contributed by atoms with Gasteiger partial charge < -0.3 is 9.88 Å². The van der Waals surface area contributed by atoms with E-state index in [1.54, 1.807) is 30.5 Å². The molecule has 0 saturated carbocycles. The van der Waals surface area contributed by atoms with E-state index in [0.717, 1.165) is 11.3 Å². The lowest BCUT2D eigenvalue weighted by Gasteiger charge is -2.07. The number of rotatable bonds is 5. The van der Waals surface area contributed by atoms with Gasteiger partial charge in [-0.25, -0.2) is 14.2 Å². The standard InChI is InChI=1S/C20H15ClFN5O/c21-15-3-1-14(2-4-15)11-27-13-23-19(25-20(27)28)24-17-9-10-26(12-17)18-7-5-16(22)6-8-18/h1-10,12-13H,11H2,(H,24,25,28). The van der Waals surface area contributed by atoms with E-state index in [9.17, 15) is 9.18 Å². The summed E-state index contributed by atoms with van der Waals surface area (Å²) in [5.41, 5.74) is 2.03. The van der Waals surface area contributed by atoms with Crippen molar-refractivity contribution in [3.05, 3.63) is 100 Å². The van der Waals surface area contributed by atoms with Gasteiger partial charge in [0.1, 0.15) is 12.1 Å². The molecule has 4 aromatic rings. The molecular formula is C20H15ClFN5O. The number of aromatic nitrogens is 4. The first-order chi connectivity index (χ1) is 13.6. The van der Waals surface area contributed by atoms with Crippen LogP contribution in [0, 0.1) is 5.82 Å². The molecule has 0 atom stereocenters. The summed E-state index contributed by atoms with van der Waals surface area (Å²) in [7, 11) is 0. The predicted molar refractivity (Wildman–Crippen MR) is 106 cm³/mol. The van der Waals surface area contributed by atoms with Crippen LogP contribution in [0.25, 0.3) is 5.69 Å². The number of nitrogens with one attached hydrogen (secondary N) is 1. The number of nitrogens with zero attached hydrogens (tertiary/aromatic N) is 4. The van der Waals surface area contributed by atoms with E-state index in [4.69, 9.17) is 11.6 Å². The van der Waals surface area contributed by atoms with Crippen molar-refractivity contribution in [2.45, 2.75) is 6.54 Å². The van der Waals surface area contributed by atoms with Crippen molar-refractivity contribution in [1.82, 2.24) is 19.1 Å². The fourth-order valence-corrected chi connectivity index (χ4v) is 2.81. The van der Waals surface area contributed by atoms with Crippen LogP contribution < -0.4 is 11.0 Å². The maximum absolute atomic E-state index is 13.0. The Balaban J connectivity index is 1.48. The number of benzene rings is 2. The summed E-state index contributed by atoms with van der Waals surface area (Å²) in [6.45, 7) is 0.358. The lowest BCUT2D eigenvalue weighted by atomic mass is 10.2. The van der Waals surface area contributed by atoms with Crippen LogP contribution in [-0.4, -0.2) is 19.1 Å². The van der Waals surface area contributed by atoms with E-state index in [1.165, 1.54) is 23.0 Å². The molecule has 0 amide bonds. The molecule has 0 aliphatic heterocycles. The second-order valence-corrected chi connectivity index (χ2v) is 6.56. The van der Waals surface area contributed by atoms with Crippen molar-refractivity contribution in [2.24, 2.45) is 0 Å². The smallest absolute Gasteiger partial charge is 0.323 e. The molecule has 4 rings (SSSR count). The molecule has 2 heterocycles. The highest BCUT2D eigenvalue weighted by Crippen LogP contribution is 2.17. The van der Waals surface area contributed by atoms with E-state index in [1.807, 2.05) is 29.0 Å². The van der Waals surface area contributed by atoms with E-state index >= 15 is 0 Å². The molecule has 0 radical (unpaired) electrons. The van der Waals surface area contributed by atoms with Gasteiger partial charge in [0.25, 0.3) is 0 Å². The molecular weight excluding hydrogens is 381 g/mol. The van der Waals surface area contributed by atoms with Crippen LogP contribution in [-0.2, 0) is 6.54 Å². The van der Waals surface area contributed by atoms with Gasteiger partial charge in [0.2, 0.25) is 5.95 Å². The molecule has 2 aromatic heterocycles. The van der Waals surface area contributed by atoms with Crippen LogP contribution in [0.1, 0.15) is 5.56 Å². The fourth-order valence-electron chi connectivity index (χ4n) is 2.69. The Morgan fingerprint density at radius 1 is 1.04 bits per heavy atom. The third-order valence-electron chi connectivity index (χ3n) is 4.11. The Labute approximate surface area is 164 Å². The lowest BCUT2D eigenvalue weighted by molar-refractivity contribution is 0.627. The summed E-state index contributed by atoms with van der Waals surface area (Å²) in [4.78, 5) is 20.4. The SMILES string of the molecule is O=c1nc(Nc2ccn(-c3ccc(F)cc3)c2)ncn1Cc1ccc(Cl)cc1. The fraction of sp³-hybridized carbons (Fsp3) is 0.0500. The first-order valence-electron chi connectivity index (χ1n) is 8.46. The molecule has 0 saturated heterocycles. The van der Waals surface area contributed by atoms with Gasteiger partial charge in [0.15, 0.2) is 0 Å². The number of halogens is 2. The molecule has 28 heavy (non-hydrogen) atoms. The van der Waals surface area contributed by atoms with Gasteiger partial charge in [-0.2, -0.15) is 4.98 Å². The second-order valence-electron chi connectivity index (χ2n) is 6.13. The third kappa shape index (κ3) is 4.10. The minimum Gasteiger partial charge on any atom is -0.323 e. The van der Waals surface area contributed by atoms with Crippen molar-refractivity contribution in [2.75, 3.05) is 5.32 Å². The average Bonchev–Trinajstić information content (AvgIpc) is 3.15.